The Morgan fingerprint density at radius 1 is 1.28 bits per heavy atom. The highest BCUT2D eigenvalue weighted by atomic mass is 16.5. The minimum atomic E-state index is 0.784. The SMILES string of the molecule is COCC1=CCN(CCc2ccc(N)cc2)CC1. The Bertz CT molecular complexity index is 397. The van der Waals surface area contributed by atoms with Crippen LogP contribution in [0.25, 0.3) is 0 Å². The number of nitrogens with two attached hydrogens (primary N) is 1. The Hall–Kier alpha value is -1.32. The molecule has 0 saturated heterocycles. The van der Waals surface area contributed by atoms with Crippen LogP contribution in [0.2, 0.25) is 0 Å². The van der Waals surface area contributed by atoms with Crippen molar-refractivity contribution >= 4 is 5.69 Å². The maximum Gasteiger partial charge on any atom is 0.0673 e. The lowest BCUT2D eigenvalue weighted by atomic mass is 10.1. The van der Waals surface area contributed by atoms with Crippen molar-refractivity contribution in [3.05, 3.63) is 41.5 Å². The molecule has 0 aromatic heterocycles. The molecule has 2 N–H and O–H groups in total. The van der Waals surface area contributed by atoms with Gasteiger partial charge in [-0.1, -0.05) is 18.2 Å². The van der Waals surface area contributed by atoms with Crippen LogP contribution in [0.5, 0.6) is 0 Å². The molecule has 2 rings (SSSR count). The van der Waals surface area contributed by atoms with Crippen LogP contribution >= 0.6 is 0 Å². The van der Waals surface area contributed by atoms with Crippen LogP contribution in [0.4, 0.5) is 5.69 Å². The molecule has 0 bridgehead atoms. The minimum Gasteiger partial charge on any atom is -0.399 e. The van der Waals surface area contributed by atoms with E-state index in [-0.39, 0.29) is 0 Å². The lowest BCUT2D eigenvalue weighted by molar-refractivity contribution is 0.212. The fraction of sp³-hybridized carbons (Fsp3) is 0.467. The van der Waals surface area contributed by atoms with Gasteiger partial charge in [-0.25, -0.2) is 0 Å². The lowest BCUT2D eigenvalue weighted by Crippen LogP contribution is -2.31. The lowest BCUT2D eigenvalue weighted by Gasteiger charge is -2.26. The molecule has 0 atom stereocenters. The van der Waals surface area contributed by atoms with Crippen molar-refractivity contribution in [1.82, 2.24) is 4.90 Å². The summed E-state index contributed by atoms with van der Waals surface area (Å²) in [4.78, 5) is 2.48. The molecule has 98 valence electrons. The third-order valence-electron chi connectivity index (χ3n) is 3.41. The minimum absolute atomic E-state index is 0.784. The summed E-state index contributed by atoms with van der Waals surface area (Å²) < 4.78 is 5.16. The van der Waals surface area contributed by atoms with Gasteiger partial charge in [0, 0.05) is 32.4 Å². The highest BCUT2D eigenvalue weighted by Crippen LogP contribution is 2.12. The summed E-state index contributed by atoms with van der Waals surface area (Å²) in [7, 11) is 1.76. The zero-order valence-electron chi connectivity index (χ0n) is 11.1. The Morgan fingerprint density at radius 3 is 2.67 bits per heavy atom. The van der Waals surface area contributed by atoms with Gasteiger partial charge in [-0.2, -0.15) is 0 Å². The molecule has 0 aliphatic carbocycles. The molecular formula is C15H22N2O. The van der Waals surface area contributed by atoms with E-state index in [9.17, 15) is 0 Å². The number of rotatable bonds is 5. The molecular weight excluding hydrogens is 224 g/mol. The van der Waals surface area contributed by atoms with Crippen molar-refractivity contribution in [3.63, 3.8) is 0 Å². The molecule has 0 unspecified atom stereocenters. The van der Waals surface area contributed by atoms with Gasteiger partial charge in [-0.3, -0.25) is 4.90 Å². The van der Waals surface area contributed by atoms with Gasteiger partial charge in [0.15, 0.2) is 0 Å². The normalized spacial score (nSPS) is 16.6. The van der Waals surface area contributed by atoms with E-state index in [1.54, 1.807) is 7.11 Å². The second-order valence-corrected chi connectivity index (χ2v) is 4.84. The standard InChI is InChI=1S/C15H22N2O/c1-18-12-14-7-10-17(11-8-14)9-6-13-2-4-15(16)5-3-13/h2-5,7H,6,8-12,16H2,1H3. The summed E-state index contributed by atoms with van der Waals surface area (Å²) >= 11 is 0. The molecule has 3 heteroatoms. The van der Waals surface area contributed by atoms with Crippen LogP contribution < -0.4 is 5.73 Å². The fourth-order valence-electron chi connectivity index (χ4n) is 2.24. The van der Waals surface area contributed by atoms with Crippen LogP contribution in [0.15, 0.2) is 35.9 Å². The number of ether oxygens (including phenoxy) is 1. The molecule has 1 aliphatic rings. The summed E-state index contributed by atoms with van der Waals surface area (Å²) in [6.45, 7) is 4.09. The van der Waals surface area contributed by atoms with Gasteiger partial charge in [-0.15, -0.1) is 0 Å². The monoisotopic (exact) mass is 246 g/mol. The molecule has 1 aliphatic heterocycles. The number of anilines is 1. The first-order valence-corrected chi connectivity index (χ1v) is 6.51. The molecule has 1 heterocycles. The Morgan fingerprint density at radius 2 is 2.06 bits per heavy atom. The second-order valence-electron chi connectivity index (χ2n) is 4.84. The van der Waals surface area contributed by atoms with E-state index in [4.69, 9.17) is 10.5 Å². The van der Waals surface area contributed by atoms with Gasteiger partial charge in [0.25, 0.3) is 0 Å². The fourth-order valence-corrected chi connectivity index (χ4v) is 2.24. The number of hydrogen-bond acceptors (Lipinski definition) is 3. The third-order valence-corrected chi connectivity index (χ3v) is 3.41. The van der Waals surface area contributed by atoms with E-state index in [0.29, 0.717) is 0 Å². The highest BCUT2D eigenvalue weighted by Gasteiger charge is 2.10. The summed E-state index contributed by atoms with van der Waals surface area (Å²) in [5.74, 6) is 0. The average Bonchev–Trinajstić information content (AvgIpc) is 2.40. The number of benzene rings is 1. The van der Waals surface area contributed by atoms with Gasteiger partial charge in [0.05, 0.1) is 6.61 Å². The predicted molar refractivity (Wildman–Crippen MR) is 75.6 cm³/mol. The topological polar surface area (TPSA) is 38.5 Å². The van der Waals surface area contributed by atoms with E-state index in [1.165, 1.54) is 11.1 Å². The molecule has 18 heavy (non-hydrogen) atoms. The van der Waals surface area contributed by atoms with Crippen molar-refractivity contribution < 1.29 is 4.74 Å². The predicted octanol–water partition coefficient (Wildman–Crippen LogP) is 2.09. The van der Waals surface area contributed by atoms with Gasteiger partial charge in [-0.05, 0) is 36.1 Å². The molecule has 0 saturated carbocycles. The smallest absolute Gasteiger partial charge is 0.0673 e. The first-order chi connectivity index (χ1) is 8.78. The van der Waals surface area contributed by atoms with Gasteiger partial charge in [0.1, 0.15) is 0 Å². The van der Waals surface area contributed by atoms with Crippen LogP contribution in [0.3, 0.4) is 0 Å². The van der Waals surface area contributed by atoms with E-state index in [1.807, 2.05) is 12.1 Å². The molecule has 1 aromatic rings. The van der Waals surface area contributed by atoms with Gasteiger partial charge < -0.3 is 10.5 Å². The van der Waals surface area contributed by atoms with Gasteiger partial charge in [0.2, 0.25) is 0 Å². The molecule has 0 radical (unpaired) electrons. The van der Waals surface area contributed by atoms with E-state index >= 15 is 0 Å². The largest absolute Gasteiger partial charge is 0.399 e. The van der Waals surface area contributed by atoms with E-state index < -0.39 is 0 Å². The zero-order valence-corrected chi connectivity index (χ0v) is 11.1. The van der Waals surface area contributed by atoms with Crippen molar-refractivity contribution in [2.75, 3.05) is 39.1 Å². The second kappa shape index (κ2) is 6.57. The zero-order chi connectivity index (χ0) is 12.8. The van der Waals surface area contributed by atoms with Crippen LogP contribution in [-0.2, 0) is 11.2 Å². The summed E-state index contributed by atoms with van der Waals surface area (Å²) in [6, 6.07) is 8.18. The number of nitrogens with zero attached hydrogens (tertiary/aromatic N) is 1. The van der Waals surface area contributed by atoms with Crippen LogP contribution in [0.1, 0.15) is 12.0 Å². The quantitative estimate of drug-likeness (QED) is 0.638. The van der Waals surface area contributed by atoms with Crippen LogP contribution in [-0.4, -0.2) is 38.3 Å². The van der Waals surface area contributed by atoms with Crippen molar-refractivity contribution in [2.45, 2.75) is 12.8 Å². The highest BCUT2D eigenvalue weighted by molar-refractivity contribution is 5.39. The number of hydrogen-bond donors (Lipinski definition) is 1. The summed E-state index contributed by atoms with van der Waals surface area (Å²) in [5, 5.41) is 0. The van der Waals surface area contributed by atoms with E-state index in [0.717, 1.165) is 44.8 Å². The van der Waals surface area contributed by atoms with Crippen LogP contribution in [0, 0.1) is 0 Å². The number of methoxy groups -OCH3 is 1. The average molecular weight is 246 g/mol. The molecule has 0 spiro atoms. The summed E-state index contributed by atoms with van der Waals surface area (Å²) in [6.07, 6.45) is 4.53. The first kappa shape index (κ1) is 13.1. The van der Waals surface area contributed by atoms with E-state index in [2.05, 4.69) is 23.1 Å². The van der Waals surface area contributed by atoms with Crippen molar-refractivity contribution in [2.24, 2.45) is 0 Å². The summed E-state index contributed by atoms with van der Waals surface area (Å²) in [5.41, 5.74) is 9.31. The molecule has 0 amide bonds. The maximum atomic E-state index is 5.68. The van der Waals surface area contributed by atoms with Gasteiger partial charge >= 0.3 is 0 Å². The number of nitrogen functional groups attached to an aromatic ring is 1. The van der Waals surface area contributed by atoms with Crippen molar-refractivity contribution in [3.8, 4) is 0 Å². The maximum absolute atomic E-state index is 5.68. The molecule has 1 aromatic carbocycles. The Kier molecular flexibility index (Phi) is 4.79. The van der Waals surface area contributed by atoms with Crippen molar-refractivity contribution in [1.29, 1.82) is 0 Å². The Labute approximate surface area is 109 Å². The first-order valence-electron chi connectivity index (χ1n) is 6.51. The molecule has 3 nitrogen and oxygen atoms in total. The Balaban J connectivity index is 1.77. The molecule has 0 fully saturated rings. The third kappa shape index (κ3) is 3.86.